The van der Waals surface area contributed by atoms with Gasteiger partial charge in [-0.05, 0) is 37.1 Å². The smallest absolute Gasteiger partial charge is 0.119 e. The molecule has 1 unspecified atom stereocenters. The van der Waals surface area contributed by atoms with E-state index in [1.54, 1.807) is 7.11 Å². The minimum absolute atomic E-state index is 0.285. The second kappa shape index (κ2) is 8.74. The van der Waals surface area contributed by atoms with Crippen LogP contribution in [0, 0.1) is 13.8 Å². The van der Waals surface area contributed by atoms with Crippen LogP contribution in [0.5, 0.6) is 5.75 Å². The molecule has 0 radical (unpaired) electrons. The SMILES string of the molecule is COc1cc(C)c(S)c(C)c1.OCC1CSCCN1. The lowest BCUT2D eigenvalue weighted by Crippen LogP contribution is -2.39. The molecule has 1 saturated heterocycles. The molecule has 1 aliphatic rings. The Morgan fingerprint density at radius 1 is 1.42 bits per heavy atom. The minimum atomic E-state index is 0.285. The summed E-state index contributed by atoms with van der Waals surface area (Å²) in [7, 11) is 1.67. The molecule has 3 nitrogen and oxygen atoms in total. The molecular formula is C14H23NO2S2. The first kappa shape index (κ1) is 16.7. The molecular weight excluding hydrogens is 278 g/mol. The fourth-order valence-corrected chi connectivity index (χ4v) is 2.84. The predicted octanol–water partition coefficient (Wildman–Crippen LogP) is 2.28. The van der Waals surface area contributed by atoms with E-state index in [1.807, 2.05) is 37.7 Å². The molecule has 0 amide bonds. The Morgan fingerprint density at radius 2 is 2.05 bits per heavy atom. The van der Waals surface area contributed by atoms with Crippen molar-refractivity contribution in [2.75, 3.05) is 31.8 Å². The molecule has 1 atom stereocenters. The summed E-state index contributed by atoms with van der Waals surface area (Å²) in [5.74, 6) is 3.16. The van der Waals surface area contributed by atoms with Crippen molar-refractivity contribution < 1.29 is 9.84 Å². The molecule has 0 spiro atoms. The Balaban J connectivity index is 0.000000200. The average Bonchev–Trinajstić information content (AvgIpc) is 2.45. The van der Waals surface area contributed by atoms with E-state index in [0.717, 1.165) is 34.1 Å². The number of nitrogens with one attached hydrogen (secondary N) is 1. The van der Waals surface area contributed by atoms with Crippen LogP contribution in [0.4, 0.5) is 0 Å². The highest BCUT2D eigenvalue weighted by molar-refractivity contribution is 7.99. The lowest BCUT2D eigenvalue weighted by atomic mass is 10.1. The summed E-state index contributed by atoms with van der Waals surface area (Å²) < 4.78 is 5.10. The van der Waals surface area contributed by atoms with E-state index in [-0.39, 0.29) is 6.61 Å². The van der Waals surface area contributed by atoms with Crippen molar-refractivity contribution in [1.82, 2.24) is 5.32 Å². The Bertz CT molecular complexity index is 370. The van der Waals surface area contributed by atoms with Crippen molar-refractivity contribution >= 4 is 24.4 Å². The highest BCUT2D eigenvalue weighted by atomic mass is 32.2. The lowest BCUT2D eigenvalue weighted by molar-refractivity contribution is 0.254. The fraction of sp³-hybridized carbons (Fsp3) is 0.571. The molecule has 1 aromatic rings. The number of thiol groups is 1. The molecule has 19 heavy (non-hydrogen) atoms. The molecule has 2 rings (SSSR count). The minimum Gasteiger partial charge on any atom is -0.497 e. The van der Waals surface area contributed by atoms with Crippen LogP contribution in [0.15, 0.2) is 17.0 Å². The second-order valence-corrected chi connectivity index (χ2v) is 6.12. The molecule has 0 aliphatic carbocycles. The van der Waals surface area contributed by atoms with Gasteiger partial charge in [-0.2, -0.15) is 11.8 Å². The van der Waals surface area contributed by atoms with Gasteiger partial charge in [-0.15, -0.1) is 12.6 Å². The van der Waals surface area contributed by atoms with Gasteiger partial charge in [0.2, 0.25) is 0 Å². The van der Waals surface area contributed by atoms with E-state index >= 15 is 0 Å². The first-order chi connectivity index (χ1) is 9.08. The monoisotopic (exact) mass is 301 g/mol. The maximum Gasteiger partial charge on any atom is 0.119 e. The van der Waals surface area contributed by atoms with Gasteiger partial charge in [0.1, 0.15) is 5.75 Å². The van der Waals surface area contributed by atoms with Crippen LogP contribution in [0.3, 0.4) is 0 Å². The van der Waals surface area contributed by atoms with Crippen molar-refractivity contribution in [1.29, 1.82) is 0 Å². The van der Waals surface area contributed by atoms with Gasteiger partial charge in [-0.1, -0.05) is 0 Å². The van der Waals surface area contributed by atoms with E-state index in [4.69, 9.17) is 9.84 Å². The first-order valence-electron chi connectivity index (χ1n) is 6.34. The van der Waals surface area contributed by atoms with Crippen LogP contribution in [0.1, 0.15) is 11.1 Å². The van der Waals surface area contributed by atoms with Crippen molar-refractivity contribution in [3.8, 4) is 5.75 Å². The van der Waals surface area contributed by atoms with Crippen molar-refractivity contribution in [3.63, 3.8) is 0 Å². The van der Waals surface area contributed by atoms with E-state index in [0.29, 0.717) is 6.04 Å². The maximum atomic E-state index is 8.62. The van der Waals surface area contributed by atoms with Crippen LogP contribution in [0.2, 0.25) is 0 Å². The van der Waals surface area contributed by atoms with Crippen LogP contribution >= 0.6 is 24.4 Å². The van der Waals surface area contributed by atoms with Crippen LogP contribution in [-0.4, -0.2) is 42.9 Å². The quantitative estimate of drug-likeness (QED) is 0.733. The molecule has 1 fully saturated rings. The topological polar surface area (TPSA) is 41.5 Å². The number of benzene rings is 1. The molecule has 2 N–H and O–H groups in total. The number of aryl methyl sites for hydroxylation is 2. The summed E-state index contributed by atoms with van der Waals surface area (Å²) in [6, 6.07) is 4.32. The number of rotatable bonds is 2. The molecule has 108 valence electrons. The van der Waals surface area contributed by atoms with Gasteiger partial charge < -0.3 is 15.2 Å². The molecule has 1 aliphatic heterocycles. The van der Waals surface area contributed by atoms with E-state index in [1.165, 1.54) is 5.75 Å². The van der Waals surface area contributed by atoms with E-state index in [9.17, 15) is 0 Å². The number of methoxy groups -OCH3 is 1. The summed E-state index contributed by atoms with van der Waals surface area (Å²) in [5.41, 5.74) is 2.32. The zero-order valence-corrected chi connectivity index (χ0v) is 13.5. The van der Waals surface area contributed by atoms with Crippen molar-refractivity contribution in [2.45, 2.75) is 24.8 Å². The summed E-state index contributed by atoms with van der Waals surface area (Å²) in [4.78, 5) is 1.05. The molecule has 0 bridgehead atoms. The summed E-state index contributed by atoms with van der Waals surface area (Å²) in [6.45, 7) is 5.39. The number of aliphatic hydroxyl groups excluding tert-OH is 1. The largest absolute Gasteiger partial charge is 0.497 e. The fourth-order valence-electron chi connectivity index (χ4n) is 1.77. The normalized spacial score (nSPS) is 18.5. The van der Waals surface area contributed by atoms with Gasteiger partial charge in [-0.3, -0.25) is 0 Å². The van der Waals surface area contributed by atoms with Crippen LogP contribution in [-0.2, 0) is 0 Å². The Labute approximate surface area is 125 Å². The number of aliphatic hydroxyl groups is 1. The Morgan fingerprint density at radius 3 is 2.42 bits per heavy atom. The van der Waals surface area contributed by atoms with Crippen molar-refractivity contribution in [3.05, 3.63) is 23.3 Å². The zero-order valence-electron chi connectivity index (χ0n) is 11.8. The zero-order chi connectivity index (χ0) is 14.3. The third-order valence-electron chi connectivity index (χ3n) is 2.92. The average molecular weight is 301 g/mol. The van der Waals surface area contributed by atoms with Gasteiger partial charge in [0.05, 0.1) is 13.7 Å². The van der Waals surface area contributed by atoms with E-state index in [2.05, 4.69) is 17.9 Å². The molecule has 0 aromatic heterocycles. The van der Waals surface area contributed by atoms with Crippen LogP contribution in [0.25, 0.3) is 0 Å². The molecule has 1 aromatic carbocycles. The third kappa shape index (κ3) is 5.65. The van der Waals surface area contributed by atoms with Crippen LogP contribution < -0.4 is 10.1 Å². The second-order valence-electron chi connectivity index (χ2n) is 4.52. The Kier molecular flexibility index (Phi) is 7.68. The van der Waals surface area contributed by atoms with Gasteiger partial charge in [0.25, 0.3) is 0 Å². The van der Waals surface area contributed by atoms with Gasteiger partial charge in [-0.25, -0.2) is 0 Å². The highest BCUT2D eigenvalue weighted by Crippen LogP contribution is 2.23. The lowest BCUT2D eigenvalue weighted by Gasteiger charge is -2.20. The molecule has 5 heteroatoms. The van der Waals surface area contributed by atoms with E-state index < -0.39 is 0 Å². The number of ether oxygens (including phenoxy) is 1. The first-order valence-corrected chi connectivity index (χ1v) is 7.94. The number of thioether (sulfide) groups is 1. The standard InChI is InChI=1S/C9H12OS.C5H11NOS/c1-6-4-8(10-3)5-7(2)9(6)11;7-3-5-4-8-2-1-6-5/h4-5,11H,1-3H3;5-7H,1-4H2. The Hall–Kier alpha value is -0.360. The molecule has 0 saturated carbocycles. The van der Waals surface area contributed by atoms with Crippen molar-refractivity contribution in [2.24, 2.45) is 0 Å². The predicted molar refractivity (Wildman–Crippen MR) is 85.9 cm³/mol. The summed E-state index contributed by atoms with van der Waals surface area (Å²) in [5, 5.41) is 11.8. The van der Waals surface area contributed by atoms with Gasteiger partial charge >= 0.3 is 0 Å². The summed E-state index contributed by atoms with van der Waals surface area (Å²) >= 11 is 6.25. The maximum absolute atomic E-state index is 8.62. The highest BCUT2D eigenvalue weighted by Gasteiger charge is 2.09. The summed E-state index contributed by atoms with van der Waals surface area (Å²) in [6.07, 6.45) is 0. The van der Waals surface area contributed by atoms with Gasteiger partial charge in [0.15, 0.2) is 0 Å². The molecule has 1 heterocycles. The number of hydrogen-bond donors (Lipinski definition) is 3. The number of hydrogen-bond acceptors (Lipinski definition) is 5. The van der Waals surface area contributed by atoms with Gasteiger partial charge in [0, 0.05) is 29.0 Å². The third-order valence-corrected chi connectivity index (χ3v) is 4.76.